The lowest BCUT2D eigenvalue weighted by atomic mass is 10.1. The van der Waals surface area contributed by atoms with Crippen molar-refractivity contribution in [2.45, 2.75) is 13.8 Å². The van der Waals surface area contributed by atoms with Crippen molar-refractivity contribution < 1.29 is 4.79 Å². The number of thiophene rings is 1. The van der Waals surface area contributed by atoms with E-state index in [1.54, 1.807) is 22.2 Å². The van der Waals surface area contributed by atoms with Gasteiger partial charge >= 0.3 is 0 Å². The first-order valence-electron chi connectivity index (χ1n) is 8.70. The van der Waals surface area contributed by atoms with Gasteiger partial charge in [0.25, 0.3) is 5.91 Å². The molecule has 0 saturated carbocycles. The minimum Gasteiger partial charge on any atom is -0.322 e. The van der Waals surface area contributed by atoms with Gasteiger partial charge < -0.3 is 5.32 Å². The molecule has 0 unspecified atom stereocenters. The summed E-state index contributed by atoms with van der Waals surface area (Å²) in [6.45, 7) is 4.05. The molecular formula is C22H19N3OS. The van der Waals surface area contributed by atoms with Crippen LogP contribution in [0.25, 0.3) is 16.3 Å². The minimum absolute atomic E-state index is 0.158. The Bertz CT molecular complexity index is 1080. The van der Waals surface area contributed by atoms with E-state index in [0.717, 1.165) is 27.4 Å². The zero-order chi connectivity index (χ0) is 18.8. The van der Waals surface area contributed by atoms with E-state index in [1.165, 1.54) is 0 Å². The molecule has 0 fully saturated rings. The summed E-state index contributed by atoms with van der Waals surface area (Å²) in [6, 6.07) is 19.7. The summed E-state index contributed by atoms with van der Waals surface area (Å²) >= 11 is 1.57. The second kappa shape index (κ2) is 7.21. The maximum Gasteiger partial charge on any atom is 0.259 e. The van der Waals surface area contributed by atoms with Crippen LogP contribution in [0.1, 0.15) is 21.5 Å². The zero-order valence-electron chi connectivity index (χ0n) is 15.1. The number of carbonyl (C=O) groups is 1. The molecule has 0 aliphatic rings. The Morgan fingerprint density at radius 2 is 1.81 bits per heavy atom. The normalized spacial score (nSPS) is 10.7. The predicted octanol–water partition coefficient (Wildman–Crippen LogP) is 5.47. The SMILES string of the molecule is Cc1cccc(NC(=O)c2cn(-c3ccccc3)nc2-c2cccs2)c1C. The van der Waals surface area contributed by atoms with E-state index in [4.69, 9.17) is 5.10 Å². The average Bonchev–Trinajstić information content (AvgIpc) is 3.35. The Kier molecular flexibility index (Phi) is 4.60. The van der Waals surface area contributed by atoms with Crippen LogP contribution in [-0.4, -0.2) is 15.7 Å². The van der Waals surface area contributed by atoms with Gasteiger partial charge in [-0.2, -0.15) is 5.10 Å². The van der Waals surface area contributed by atoms with Gasteiger partial charge in [-0.25, -0.2) is 4.68 Å². The fourth-order valence-corrected chi connectivity index (χ4v) is 3.65. The number of carbonyl (C=O) groups excluding carboxylic acids is 1. The molecular weight excluding hydrogens is 354 g/mol. The summed E-state index contributed by atoms with van der Waals surface area (Å²) in [6.07, 6.45) is 1.80. The fraction of sp³-hybridized carbons (Fsp3) is 0.0909. The summed E-state index contributed by atoms with van der Waals surface area (Å²) in [5.41, 5.74) is 5.20. The van der Waals surface area contributed by atoms with E-state index in [1.807, 2.05) is 79.9 Å². The Morgan fingerprint density at radius 3 is 2.56 bits per heavy atom. The van der Waals surface area contributed by atoms with Gasteiger partial charge in [0.05, 0.1) is 16.1 Å². The number of nitrogens with one attached hydrogen (secondary N) is 1. The second-order valence-corrected chi connectivity index (χ2v) is 7.30. The van der Waals surface area contributed by atoms with E-state index >= 15 is 0 Å². The van der Waals surface area contributed by atoms with Crippen LogP contribution >= 0.6 is 11.3 Å². The molecule has 2 heterocycles. The molecule has 1 N–H and O–H groups in total. The number of para-hydroxylation sites is 1. The number of aromatic nitrogens is 2. The number of hydrogen-bond acceptors (Lipinski definition) is 3. The first-order chi connectivity index (χ1) is 13.1. The number of nitrogens with zero attached hydrogens (tertiary/aromatic N) is 2. The molecule has 0 saturated heterocycles. The van der Waals surface area contributed by atoms with Crippen molar-refractivity contribution in [2.75, 3.05) is 5.32 Å². The number of benzene rings is 2. The van der Waals surface area contributed by atoms with Crippen molar-refractivity contribution in [3.8, 4) is 16.3 Å². The van der Waals surface area contributed by atoms with E-state index < -0.39 is 0 Å². The molecule has 0 aliphatic carbocycles. The van der Waals surface area contributed by atoms with Crippen molar-refractivity contribution in [3.05, 3.63) is 88.9 Å². The smallest absolute Gasteiger partial charge is 0.259 e. The van der Waals surface area contributed by atoms with Crippen LogP contribution in [-0.2, 0) is 0 Å². The Morgan fingerprint density at radius 1 is 1.00 bits per heavy atom. The number of aryl methyl sites for hydroxylation is 1. The molecule has 134 valence electrons. The molecule has 4 nitrogen and oxygen atoms in total. The highest BCUT2D eigenvalue weighted by molar-refractivity contribution is 7.13. The molecule has 4 rings (SSSR count). The van der Waals surface area contributed by atoms with Crippen molar-refractivity contribution >= 4 is 22.9 Å². The number of anilines is 1. The quantitative estimate of drug-likeness (QED) is 0.515. The molecule has 0 bridgehead atoms. The zero-order valence-corrected chi connectivity index (χ0v) is 16.0. The van der Waals surface area contributed by atoms with Gasteiger partial charge in [-0.05, 0) is 54.6 Å². The second-order valence-electron chi connectivity index (χ2n) is 6.35. The summed E-state index contributed by atoms with van der Waals surface area (Å²) in [5.74, 6) is -0.158. The summed E-state index contributed by atoms with van der Waals surface area (Å²) in [4.78, 5) is 14.0. The van der Waals surface area contributed by atoms with Gasteiger partial charge in [0.15, 0.2) is 0 Å². The van der Waals surface area contributed by atoms with E-state index in [9.17, 15) is 4.79 Å². The van der Waals surface area contributed by atoms with Crippen LogP contribution in [0.3, 0.4) is 0 Å². The average molecular weight is 373 g/mol. The largest absolute Gasteiger partial charge is 0.322 e. The lowest BCUT2D eigenvalue weighted by Gasteiger charge is -2.10. The van der Waals surface area contributed by atoms with E-state index in [-0.39, 0.29) is 5.91 Å². The summed E-state index contributed by atoms with van der Waals surface area (Å²) < 4.78 is 1.76. The van der Waals surface area contributed by atoms with Crippen LogP contribution in [0.4, 0.5) is 5.69 Å². The van der Waals surface area contributed by atoms with Crippen molar-refractivity contribution in [2.24, 2.45) is 0 Å². The van der Waals surface area contributed by atoms with Gasteiger partial charge in [-0.1, -0.05) is 36.4 Å². The standard InChI is InChI=1S/C22H19N3OS/c1-15-8-6-11-19(16(15)2)23-22(26)18-14-25(17-9-4-3-5-10-17)24-21(18)20-12-7-13-27-20/h3-14H,1-2H3,(H,23,26). The van der Waals surface area contributed by atoms with Crippen LogP contribution < -0.4 is 5.32 Å². The summed E-state index contributed by atoms with van der Waals surface area (Å²) in [7, 11) is 0. The molecule has 27 heavy (non-hydrogen) atoms. The predicted molar refractivity (Wildman–Crippen MR) is 111 cm³/mol. The number of amides is 1. The molecule has 1 amide bonds. The van der Waals surface area contributed by atoms with Crippen LogP contribution in [0, 0.1) is 13.8 Å². The minimum atomic E-state index is -0.158. The monoisotopic (exact) mass is 373 g/mol. The van der Waals surface area contributed by atoms with Gasteiger partial charge in [0.2, 0.25) is 0 Å². The molecule has 0 spiro atoms. The van der Waals surface area contributed by atoms with Gasteiger partial charge in [-0.15, -0.1) is 11.3 Å². The van der Waals surface area contributed by atoms with Crippen molar-refractivity contribution in [1.82, 2.24) is 9.78 Å². The van der Waals surface area contributed by atoms with Crippen molar-refractivity contribution in [1.29, 1.82) is 0 Å². The third-order valence-electron chi connectivity index (χ3n) is 4.59. The van der Waals surface area contributed by atoms with Crippen LogP contribution in [0.15, 0.2) is 72.2 Å². The first kappa shape index (κ1) is 17.2. The van der Waals surface area contributed by atoms with E-state index in [0.29, 0.717) is 11.3 Å². The first-order valence-corrected chi connectivity index (χ1v) is 9.58. The Labute approximate surface area is 162 Å². The molecule has 0 radical (unpaired) electrons. The maximum atomic E-state index is 13.1. The highest BCUT2D eigenvalue weighted by Crippen LogP contribution is 2.29. The number of rotatable bonds is 4. The molecule has 5 heteroatoms. The molecule has 2 aromatic heterocycles. The van der Waals surface area contributed by atoms with Crippen LogP contribution in [0.2, 0.25) is 0 Å². The molecule has 0 aliphatic heterocycles. The third-order valence-corrected chi connectivity index (χ3v) is 5.46. The van der Waals surface area contributed by atoms with E-state index in [2.05, 4.69) is 5.32 Å². The molecule has 0 atom stereocenters. The molecule has 2 aromatic carbocycles. The third kappa shape index (κ3) is 3.41. The lowest BCUT2D eigenvalue weighted by Crippen LogP contribution is -2.13. The lowest BCUT2D eigenvalue weighted by molar-refractivity contribution is 0.102. The molecule has 4 aromatic rings. The van der Waals surface area contributed by atoms with Gasteiger partial charge in [0.1, 0.15) is 5.69 Å². The van der Waals surface area contributed by atoms with Crippen molar-refractivity contribution in [3.63, 3.8) is 0 Å². The fourth-order valence-electron chi connectivity index (χ4n) is 2.92. The number of hydrogen-bond donors (Lipinski definition) is 1. The van der Waals surface area contributed by atoms with Gasteiger partial charge in [-0.3, -0.25) is 4.79 Å². The Hall–Kier alpha value is -3.18. The maximum absolute atomic E-state index is 13.1. The van der Waals surface area contributed by atoms with Gasteiger partial charge in [0, 0.05) is 11.9 Å². The van der Waals surface area contributed by atoms with Crippen LogP contribution in [0.5, 0.6) is 0 Å². The summed E-state index contributed by atoms with van der Waals surface area (Å²) in [5, 5.41) is 9.73. The highest BCUT2D eigenvalue weighted by atomic mass is 32.1. The topological polar surface area (TPSA) is 46.9 Å². The Balaban J connectivity index is 1.75. The highest BCUT2D eigenvalue weighted by Gasteiger charge is 2.20.